The molecule has 0 aliphatic carbocycles. The summed E-state index contributed by atoms with van der Waals surface area (Å²) >= 11 is 6.25. The van der Waals surface area contributed by atoms with Gasteiger partial charge in [-0.15, -0.1) is 0 Å². The molecule has 0 saturated carbocycles. The molecule has 0 fully saturated rings. The van der Waals surface area contributed by atoms with Crippen molar-refractivity contribution in [2.24, 2.45) is 5.92 Å². The van der Waals surface area contributed by atoms with Gasteiger partial charge < -0.3 is 0 Å². The fourth-order valence-corrected chi connectivity index (χ4v) is 0. The first kappa shape index (κ1) is 12.3. The van der Waals surface area contributed by atoms with Crippen LogP contribution in [0.15, 0.2) is 0 Å². The normalized spacial score (nSPS) is 7.25. The maximum absolute atomic E-state index is 3.25. The molecule has 48 valence electrons. The summed E-state index contributed by atoms with van der Waals surface area (Å²) in [6.07, 6.45) is 1.31. The predicted octanol–water partition coefficient (Wildman–Crippen LogP) is 3.74. The first-order valence-corrected chi connectivity index (χ1v) is 16.7. The molecule has 0 amide bonds. The van der Waals surface area contributed by atoms with Crippen LogP contribution in [-0.2, 0) is 13.2 Å². The van der Waals surface area contributed by atoms with Gasteiger partial charge in [0.15, 0.2) is 0 Å². The van der Waals surface area contributed by atoms with Gasteiger partial charge in [0.1, 0.15) is 0 Å². The predicted molar refractivity (Wildman–Crippen MR) is 43.0 cm³/mol. The molecule has 0 atom stereocenters. The molecule has 0 aliphatic rings. The van der Waals surface area contributed by atoms with Crippen LogP contribution in [0.25, 0.3) is 0 Å². The van der Waals surface area contributed by atoms with Crippen LogP contribution in [-0.4, -0.2) is 0 Å². The summed E-state index contributed by atoms with van der Waals surface area (Å²) in [4.78, 5) is 0. The van der Waals surface area contributed by atoms with E-state index >= 15 is 0 Å². The molecule has 0 nitrogen and oxygen atoms in total. The van der Waals surface area contributed by atoms with E-state index in [0.717, 1.165) is 5.92 Å². The van der Waals surface area contributed by atoms with Crippen LogP contribution in [0, 0.1) is 5.92 Å². The topological polar surface area (TPSA) is 0 Å². The number of rotatable bonds is 1. The van der Waals surface area contributed by atoms with Gasteiger partial charge >= 0.3 is 40.5 Å². The molecule has 0 saturated heterocycles. The van der Waals surface area contributed by atoms with Crippen LogP contribution >= 0.6 is 27.2 Å². The van der Waals surface area contributed by atoms with Gasteiger partial charge in [-0.3, -0.25) is 0 Å². The first-order valence-electron chi connectivity index (χ1n) is 2.80. The zero-order valence-corrected chi connectivity index (χ0v) is 11.9. The Hall–Kier alpha value is 1.58. The van der Waals surface area contributed by atoms with Gasteiger partial charge in [-0.1, -0.05) is 27.2 Å². The van der Waals surface area contributed by atoms with Gasteiger partial charge in [-0.25, -0.2) is 0 Å². The molecule has 0 N–H and O–H groups in total. The van der Waals surface area contributed by atoms with Crippen LogP contribution in [0.2, 0.25) is 0 Å². The third-order valence-corrected chi connectivity index (χ3v) is 0.816. The molecule has 0 rings (SSSR count). The fourth-order valence-electron chi connectivity index (χ4n) is 0. The standard InChI is InChI=1S/C5H12.2BrH.Zn/c1-4-5(2)3;;;/h5H,4H2,1-3H3;2*1H;/q;;;+2/p-2. The summed E-state index contributed by atoms with van der Waals surface area (Å²) in [5.41, 5.74) is 0. The van der Waals surface area contributed by atoms with Gasteiger partial charge in [0, 0.05) is 0 Å². The molecule has 0 aromatic heterocycles. The Morgan fingerprint density at radius 3 is 1.50 bits per heavy atom. The molecular formula is C5H12Br2Zn. The zero-order valence-electron chi connectivity index (χ0n) is 5.75. The minimum absolute atomic E-state index is 0.250. The van der Waals surface area contributed by atoms with Gasteiger partial charge in [0.25, 0.3) is 0 Å². The Morgan fingerprint density at radius 1 is 1.38 bits per heavy atom. The minimum atomic E-state index is -0.250. The molecule has 0 unspecified atom stereocenters. The van der Waals surface area contributed by atoms with E-state index in [9.17, 15) is 0 Å². The van der Waals surface area contributed by atoms with Crippen molar-refractivity contribution in [2.75, 3.05) is 0 Å². The van der Waals surface area contributed by atoms with Crippen LogP contribution < -0.4 is 0 Å². The van der Waals surface area contributed by atoms with E-state index in [4.69, 9.17) is 0 Å². The van der Waals surface area contributed by atoms with E-state index in [0.29, 0.717) is 0 Å². The van der Waals surface area contributed by atoms with E-state index in [1.165, 1.54) is 6.42 Å². The van der Waals surface area contributed by atoms with Crippen molar-refractivity contribution in [3.05, 3.63) is 0 Å². The van der Waals surface area contributed by atoms with E-state index in [1.54, 1.807) is 0 Å². The van der Waals surface area contributed by atoms with Crippen molar-refractivity contribution in [1.29, 1.82) is 0 Å². The van der Waals surface area contributed by atoms with E-state index in [2.05, 4.69) is 48.0 Å². The second-order valence-corrected chi connectivity index (χ2v) is 16.0. The molecular weight excluding hydrogens is 285 g/mol. The Balaban J connectivity index is 0. The summed E-state index contributed by atoms with van der Waals surface area (Å²) in [6.45, 7) is 6.64. The van der Waals surface area contributed by atoms with E-state index in [1.807, 2.05) is 0 Å². The molecule has 0 radical (unpaired) electrons. The fraction of sp³-hybridized carbons (Fsp3) is 1.00. The quantitative estimate of drug-likeness (QED) is 0.647. The molecule has 0 bridgehead atoms. The second-order valence-electron chi connectivity index (χ2n) is 1.90. The molecule has 3 heteroatoms. The zero-order chi connectivity index (χ0) is 6.99. The van der Waals surface area contributed by atoms with E-state index < -0.39 is 0 Å². The van der Waals surface area contributed by atoms with Gasteiger partial charge in [0.2, 0.25) is 0 Å². The molecule has 0 spiro atoms. The van der Waals surface area contributed by atoms with Crippen molar-refractivity contribution < 1.29 is 13.2 Å². The average Bonchev–Trinajstić information content (AvgIpc) is 1.69. The molecule has 0 aromatic carbocycles. The van der Waals surface area contributed by atoms with Crippen molar-refractivity contribution in [2.45, 2.75) is 27.2 Å². The maximum atomic E-state index is 3.25. The van der Waals surface area contributed by atoms with Crippen LogP contribution in [0.5, 0.6) is 0 Å². The monoisotopic (exact) mass is 294 g/mol. The summed E-state index contributed by atoms with van der Waals surface area (Å²) in [6, 6.07) is 0. The molecule has 0 aliphatic heterocycles. The third-order valence-electron chi connectivity index (χ3n) is 0.816. The van der Waals surface area contributed by atoms with Crippen molar-refractivity contribution in [1.82, 2.24) is 0 Å². The SMILES string of the molecule is CCC(C)C.[Br][Zn][Br]. The summed E-state index contributed by atoms with van der Waals surface area (Å²) in [7, 11) is 0. The third kappa shape index (κ3) is 25.6. The number of halogens is 2. The van der Waals surface area contributed by atoms with Crippen molar-refractivity contribution >= 4 is 27.2 Å². The Bertz CT molecular complexity index is 31.6. The Kier molecular flexibility index (Phi) is 17.5. The van der Waals surface area contributed by atoms with Crippen LogP contribution in [0.4, 0.5) is 0 Å². The Morgan fingerprint density at radius 2 is 1.50 bits per heavy atom. The van der Waals surface area contributed by atoms with Gasteiger partial charge in [-0.2, -0.15) is 0 Å². The Labute approximate surface area is 73.1 Å². The van der Waals surface area contributed by atoms with Crippen LogP contribution in [0.3, 0.4) is 0 Å². The number of hydrogen-bond acceptors (Lipinski definition) is 0. The molecule has 0 heterocycles. The van der Waals surface area contributed by atoms with E-state index in [-0.39, 0.29) is 13.2 Å². The second kappa shape index (κ2) is 11.4. The summed E-state index contributed by atoms with van der Waals surface area (Å²) < 4.78 is 0. The van der Waals surface area contributed by atoms with Gasteiger partial charge in [0.05, 0.1) is 0 Å². The number of hydrogen-bond donors (Lipinski definition) is 0. The summed E-state index contributed by atoms with van der Waals surface area (Å²) in [5.74, 6) is 0.884. The van der Waals surface area contributed by atoms with Crippen molar-refractivity contribution in [3.8, 4) is 0 Å². The average molecular weight is 297 g/mol. The summed E-state index contributed by atoms with van der Waals surface area (Å²) in [5, 5.41) is 0. The van der Waals surface area contributed by atoms with Crippen molar-refractivity contribution in [3.63, 3.8) is 0 Å². The first-order chi connectivity index (χ1) is 3.68. The molecule has 8 heavy (non-hydrogen) atoms. The molecule has 0 aromatic rings. The van der Waals surface area contributed by atoms with Gasteiger partial charge in [-0.05, 0) is 5.92 Å². The van der Waals surface area contributed by atoms with Crippen LogP contribution in [0.1, 0.15) is 27.2 Å².